The topological polar surface area (TPSA) is 63.3 Å². The largest absolute Gasteiger partial charge is 0.481 e. The molecule has 0 radical (unpaired) electrons. The highest BCUT2D eigenvalue weighted by Gasteiger charge is 2.49. The van der Waals surface area contributed by atoms with Gasteiger partial charge in [0, 0.05) is 6.54 Å². The molecule has 1 saturated carbocycles. The summed E-state index contributed by atoms with van der Waals surface area (Å²) >= 11 is 0. The SMILES string of the molecule is CC(C)C(CN)(C(=O)O)C1CCC1. The molecule has 0 heterocycles. The second-order valence-corrected chi connectivity index (χ2v) is 4.33. The molecule has 0 aliphatic heterocycles. The first kappa shape index (κ1) is 10.5. The molecule has 1 rings (SSSR count). The predicted molar refractivity (Wildman–Crippen MR) is 51.3 cm³/mol. The molecular weight excluding hydrogens is 166 g/mol. The van der Waals surface area contributed by atoms with E-state index in [1.807, 2.05) is 13.8 Å². The zero-order valence-corrected chi connectivity index (χ0v) is 8.42. The maximum absolute atomic E-state index is 11.2. The third-order valence-corrected chi connectivity index (χ3v) is 3.60. The molecule has 3 N–H and O–H groups in total. The van der Waals surface area contributed by atoms with Crippen molar-refractivity contribution in [3.63, 3.8) is 0 Å². The van der Waals surface area contributed by atoms with Gasteiger partial charge in [0.15, 0.2) is 0 Å². The van der Waals surface area contributed by atoms with Crippen LogP contribution < -0.4 is 5.73 Å². The fourth-order valence-corrected chi connectivity index (χ4v) is 2.31. The summed E-state index contributed by atoms with van der Waals surface area (Å²) in [6.45, 7) is 4.18. The van der Waals surface area contributed by atoms with Gasteiger partial charge >= 0.3 is 5.97 Å². The highest BCUT2D eigenvalue weighted by molar-refractivity contribution is 5.76. The molecule has 3 heteroatoms. The van der Waals surface area contributed by atoms with E-state index in [0.29, 0.717) is 5.92 Å². The molecule has 0 saturated heterocycles. The monoisotopic (exact) mass is 185 g/mol. The first-order valence-corrected chi connectivity index (χ1v) is 4.99. The lowest BCUT2D eigenvalue weighted by Gasteiger charge is -2.44. The Morgan fingerprint density at radius 3 is 2.23 bits per heavy atom. The van der Waals surface area contributed by atoms with E-state index in [-0.39, 0.29) is 12.5 Å². The van der Waals surface area contributed by atoms with Gasteiger partial charge in [-0.2, -0.15) is 0 Å². The van der Waals surface area contributed by atoms with Crippen LogP contribution in [0.3, 0.4) is 0 Å². The molecule has 76 valence electrons. The molecule has 0 amide bonds. The number of aliphatic carboxylic acids is 1. The Balaban J connectivity index is 2.87. The van der Waals surface area contributed by atoms with Crippen LogP contribution in [0.2, 0.25) is 0 Å². The standard InChI is InChI=1S/C10H19NO2/c1-7(2)10(6-11,9(12)13)8-4-3-5-8/h7-8H,3-6,11H2,1-2H3,(H,12,13). The quantitative estimate of drug-likeness (QED) is 0.697. The van der Waals surface area contributed by atoms with Crippen molar-refractivity contribution in [2.24, 2.45) is 23.0 Å². The molecule has 0 aromatic rings. The lowest BCUT2D eigenvalue weighted by atomic mass is 9.60. The zero-order valence-electron chi connectivity index (χ0n) is 8.42. The average Bonchev–Trinajstić information content (AvgIpc) is 1.94. The van der Waals surface area contributed by atoms with Gasteiger partial charge in [-0.1, -0.05) is 20.3 Å². The summed E-state index contributed by atoms with van der Waals surface area (Å²) in [6.07, 6.45) is 3.22. The van der Waals surface area contributed by atoms with Crippen LogP contribution in [0.15, 0.2) is 0 Å². The van der Waals surface area contributed by atoms with Gasteiger partial charge in [0.25, 0.3) is 0 Å². The Morgan fingerprint density at radius 2 is 2.15 bits per heavy atom. The first-order chi connectivity index (χ1) is 6.05. The van der Waals surface area contributed by atoms with Gasteiger partial charge in [-0.05, 0) is 24.7 Å². The number of carbonyl (C=O) groups is 1. The Labute approximate surface area is 79.3 Å². The summed E-state index contributed by atoms with van der Waals surface area (Å²) in [5.74, 6) is -0.287. The van der Waals surface area contributed by atoms with E-state index in [0.717, 1.165) is 19.3 Å². The average molecular weight is 185 g/mol. The molecule has 1 aliphatic carbocycles. The normalized spacial score (nSPS) is 22.5. The van der Waals surface area contributed by atoms with Crippen LogP contribution in [0.4, 0.5) is 0 Å². The van der Waals surface area contributed by atoms with Gasteiger partial charge in [0.2, 0.25) is 0 Å². The van der Waals surface area contributed by atoms with Crippen LogP contribution >= 0.6 is 0 Å². The number of carboxylic acids is 1. The van der Waals surface area contributed by atoms with Crippen molar-refractivity contribution in [2.45, 2.75) is 33.1 Å². The zero-order chi connectivity index (χ0) is 10.1. The molecule has 13 heavy (non-hydrogen) atoms. The predicted octanol–water partition coefficient (Wildman–Crippen LogP) is 1.47. The number of nitrogens with two attached hydrogens (primary N) is 1. The Bertz CT molecular complexity index is 199. The third kappa shape index (κ3) is 1.46. The van der Waals surface area contributed by atoms with Crippen molar-refractivity contribution in [3.05, 3.63) is 0 Å². The molecule has 3 nitrogen and oxygen atoms in total. The van der Waals surface area contributed by atoms with E-state index in [9.17, 15) is 9.90 Å². The van der Waals surface area contributed by atoms with Gasteiger partial charge in [0.1, 0.15) is 0 Å². The van der Waals surface area contributed by atoms with E-state index >= 15 is 0 Å². The molecule has 1 atom stereocenters. The maximum atomic E-state index is 11.2. The molecular formula is C10H19NO2. The highest BCUT2D eigenvalue weighted by Crippen LogP contribution is 2.46. The number of hydrogen-bond donors (Lipinski definition) is 2. The molecule has 0 bridgehead atoms. The minimum Gasteiger partial charge on any atom is -0.481 e. The van der Waals surface area contributed by atoms with Crippen molar-refractivity contribution in [1.82, 2.24) is 0 Å². The molecule has 1 fully saturated rings. The van der Waals surface area contributed by atoms with E-state index in [4.69, 9.17) is 5.73 Å². The summed E-state index contributed by atoms with van der Waals surface area (Å²) in [4.78, 5) is 11.2. The lowest BCUT2D eigenvalue weighted by molar-refractivity contribution is -0.158. The van der Waals surface area contributed by atoms with Gasteiger partial charge < -0.3 is 10.8 Å². The summed E-state index contributed by atoms with van der Waals surface area (Å²) in [7, 11) is 0. The maximum Gasteiger partial charge on any atom is 0.311 e. The van der Waals surface area contributed by atoms with E-state index in [1.165, 1.54) is 0 Å². The van der Waals surface area contributed by atoms with Crippen LogP contribution in [-0.4, -0.2) is 17.6 Å². The molecule has 0 aromatic heterocycles. The summed E-state index contributed by atoms with van der Waals surface area (Å²) in [6, 6.07) is 0. The second-order valence-electron chi connectivity index (χ2n) is 4.33. The third-order valence-electron chi connectivity index (χ3n) is 3.60. The van der Waals surface area contributed by atoms with Gasteiger partial charge in [-0.3, -0.25) is 4.79 Å². The first-order valence-electron chi connectivity index (χ1n) is 4.99. The minimum atomic E-state index is -0.713. The van der Waals surface area contributed by atoms with Crippen LogP contribution in [0.5, 0.6) is 0 Å². The fraction of sp³-hybridized carbons (Fsp3) is 0.900. The fourth-order valence-electron chi connectivity index (χ4n) is 2.31. The van der Waals surface area contributed by atoms with Gasteiger partial charge in [-0.25, -0.2) is 0 Å². The summed E-state index contributed by atoms with van der Waals surface area (Å²) < 4.78 is 0. The van der Waals surface area contributed by atoms with Crippen molar-refractivity contribution in [3.8, 4) is 0 Å². The van der Waals surface area contributed by atoms with Crippen LogP contribution in [0, 0.1) is 17.3 Å². The number of carboxylic acid groups (broad SMARTS) is 1. The summed E-state index contributed by atoms with van der Waals surface area (Å²) in [5, 5.41) is 9.25. The van der Waals surface area contributed by atoms with Crippen molar-refractivity contribution in [1.29, 1.82) is 0 Å². The van der Waals surface area contributed by atoms with Crippen LogP contribution in [0.25, 0.3) is 0 Å². The van der Waals surface area contributed by atoms with Crippen LogP contribution in [-0.2, 0) is 4.79 Å². The molecule has 0 aromatic carbocycles. The lowest BCUT2D eigenvalue weighted by Crippen LogP contribution is -2.51. The van der Waals surface area contributed by atoms with Crippen molar-refractivity contribution in [2.75, 3.05) is 6.54 Å². The van der Waals surface area contributed by atoms with Crippen LogP contribution in [0.1, 0.15) is 33.1 Å². The Morgan fingerprint density at radius 1 is 1.62 bits per heavy atom. The van der Waals surface area contributed by atoms with Crippen molar-refractivity contribution < 1.29 is 9.90 Å². The van der Waals surface area contributed by atoms with E-state index in [1.54, 1.807) is 0 Å². The molecule has 1 unspecified atom stereocenters. The summed E-state index contributed by atoms with van der Waals surface area (Å²) in [5.41, 5.74) is 4.97. The molecule has 1 aliphatic rings. The Kier molecular flexibility index (Phi) is 2.96. The van der Waals surface area contributed by atoms with E-state index in [2.05, 4.69) is 0 Å². The highest BCUT2D eigenvalue weighted by atomic mass is 16.4. The van der Waals surface area contributed by atoms with Crippen molar-refractivity contribution >= 4 is 5.97 Å². The Hall–Kier alpha value is -0.570. The number of hydrogen-bond acceptors (Lipinski definition) is 2. The smallest absolute Gasteiger partial charge is 0.311 e. The molecule has 0 spiro atoms. The second kappa shape index (κ2) is 3.66. The van der Waals surface area contributed by atoms with E-state index < -0.39 is 11.4 Å². The number of rotatable bonds is 4. The van der Waals surface area contributed by atoms with Gasteiger partial charge in [0.05, 0.1) is 5.41 Å². The van der Waals surface area contributed by atoms with Gasteiger partial charge in [-0.15, -0.1) is 0 Å². The minimum absolute atomic E-state index is 0.125.